The molecule has 0 radical (unpaired) electrons. The van der Waals surface area contributed by atoms with Gasteiger partial charge in [0, 0.05) is 6.42 Å². The van der Waals surface area contributed by atoms with Crippen molar-refractivity contribution in [2.45, 2.75) is 24.6 Å². The number of benzene rings is 2. The Morgan fingerprint density at radius 2 is 1.53 bits per heavy atom. The summed E-state index contributed by atoms with van der Waals surface area (Å²) in [6.45, 7) is 0. The minimum absolute atomic E-state index is 0.101. The second-order valence-corrected chi connectivity index (χ2v) is 5.02. The fourth-order valence-corrected chi connectivity index (χ4v) is 2.30. The van der Waals surface area contributed by atoms with Crippen LogP contribution in [0.15, 0.2) is 60.7 Å². The van der Waals surface area contributed by atoms with Gasteiger partial charge in [0.25, 0.3) is 0 Å². The van der Waals surface area contributed by atoms with Crippen LogP contribution >= 0.6 is 11.6 Å². The van der Waals surface area contributed by atoms with E-state index in [0.717, 1.165) is 18.4 Å². The third kappa shape index (κ3) is 4.22. The molecule has 0 saturated carbocycles. The SMILES string of the molecule is O=C(CCCc1ccccc1)C(Cl)c1ccccc1. The van der Waals surface area contributed by atoms with Crippen LogP contribution in [0.2, 0.25) is 0 Å². The molecule has 0 N–H and O–H groups in total. The average molecular weight is 273 g/mol. The molecule has 0 aliphatic rings. The molecule has 0 aliphatic carbocycles. The van der Waals surface area contributed by atoms with E-state index >= 15 is 0 Å². The lowest BCUT2D eigenvalue weighted by atomic mass is 10.0. The van der Waals surface area contributed by atoms with Gasteiger partial charge in [-0.05, 0) is 24.0 Å². The normalized spacial score (nSPS) is 12.1. The van der Waals surface area contributed by atoms with Crippen molar-refractivity contribution in [3.63, 3.8) is 0 Å². The number of halogens is 1. The number of carbonyl (C=O) groups excluding carboxylic acids is 1. The second-order valence-electron chi connectivity index (χ2n) is 4.58. The molecule has 0 spiro atoms. The van der Waals surface area contributed by atoms with Crippen molar-refractivity contribution < 1.29 is 4.79 Å². The van der Waals surface area contributed by atoms with Gasteiger partial charge in [-0.15, -0.1) is 11.6 Å². The summed E-state index contributed by atoms with van der Waals surface area (Å²) < 4.78 is 0. The van der Waals surface area contributed by atoms with Gasteiger partial charge in [0.15, 0.2) is 5.78 Å². The van der Waals surface area contributed by atoms with Gasteiger partial charge in [-0.2, -0.15) is 0 Å². The number of hydrogen-bond donors (Lipinski definition) is 0. The second kappa shape index (κ2) is 7.10. The number of rotatable bonds is 6. The van der Waals surface area contributed by atoms with E-state index in [0.29, 0.717) is 6.42 Å². The Bertz CT molecular complexity index is 507. The Hall–Kier alpha value is -1.60. The van der Waals surface area contributed by atoms with Crippen LogP contribution in [-0.4, -0.2) is 5.78 Å². The molecule has 2 aromatic rings. The summed E-state index contributed by atoms with van der Waals surface area (Å²) in [4.78, 5) is 12.0. The van der Waals surface area contributed by atoms with E-state index in [-0.39, 0.29) is 5.78 Å². The summed E-state index contributed by atoms with van der Waals surface area (Å²) in [5.41, 5.74) is 2.15. The van der Waals surface area contributed by atoms with Crippen LogP contribution in [0.1, 0.15) is 29.3 Å². The topological polar surface area (TPSA) is 17.1 Å². The number of aryl methyl sites for hydroxylation is 1. The molecule has 0 amide bonds. The average Bonchev–Trinajstić information content (AvgIpc) is 2.48. The molecule has 0 saturated heterocycles. The lowest BCUT2D eigenvalue weighted by molar-refractivity contribution is -0.118. The van der Waals surface area contributed by atoms with Crippen LogP contribution in [0, 0.1) is 0 Å². The standard InChI is InChI=1S/C17H17ClO/c18-17(15-11-5-2-6-12-15)16(19)13-7-10-14-8-3-1-4-9-14/h1-6,8-9,11-12,17H,7,10,13H2. The fraction of sp³-hybridized carbons (Fsp3) is 0.235. The largest absolute Gasteiger partial charge is 0.298 e. The summed E-state index contributed by atoms with van der Waals surface area (Å²) in [6.07, 6.45) is 2.29. The van der Waals surface area contributed by atoms with E-state index in [2.05, 4.69) is 12.1 Å². The zero-order valence-electron chi connectivity index (χ0n) is 10.8. The molecule has 0 heterocycles. The highest BCUT2D eigenvalue weighted by atomic mass is 35.5. The van der Waals surface area contributed by atoms with Crippen LogP contribution in [0.25, 0.3) is 0 Å². The monoisotopic (exact) mass is 272 g/mol. The molecule has 0 fully saturated rings. The Balaban J connectivity index is 1.82. The van der Waals surface area contributed by atoms with Gasteiger partial charge >= 0.3 is 0 Å². The van der Waals surface area contributed by atoms with Gasteiger partial charge in [-0.3, -0.25) is 4.79 Å². The number of Topliss-reactive ketones (excluding diaryl/α,β-unsaturated/α-hetero) is 1. The van der Waals surface area contributed by atoms with Crippen molar-refractivity contribution in [2.75, 3.05) is 0 Å². The van der Waals surface area contributed by atoms with Gasteiger partial charge in [-0.25, -0.2) is 0 Å². The zero-order valence-corrected chi connectivity index (χ0v) is 11.5. The molecule has 0 bridgehead atoms. The zero-order chi connectivity index (χ0) is 13.5. The Morgan fingerprint density at radius 3 is 2.16 bits per heavy atom. The number of carbonyl (C=O) groups is 1. The van der Waals surface area contributed by atoms with Crippen molar-refractivity contribution in [2.24, 2.45) is 0 Å². The first-order valence-electron chi connectivity index (χ1n) is 6.53. The first-order chi connectivity index (χ1) is 9.27. The molecular formula is C17H17ClO. The third-order valence-corrected chi connectivity index (χ3v) is 3.60. The molecule has 0 aromatic heterocycles. The number of alkyl halides is 1. The maximum absolute atomic E-state index is 12.0. The van der Waals surface area contributed by atoms with Crippen molar-refractivity contribution in [1.82, 2.24) is 0 Å². The molecule has 1 nitrogen and oxygen atoms in total. The highest BCUT2D eigenvalue weighted by molar-refractivity contribution is 6.31. The summed E-state index contributed by atoms with van der Waals surface area (Å²) in [6, 6.07) is 19.7. The Labute approximate surface area is 119 Å². The number of hydrogen-bond acceptors (Lipinski definition) is 1. The molecule has 2 heteroatoms. The van der Waals surface area contributed by atoms with E-state index in [1.54, 1.807) is 0 Å². The minimum Gasteiger partial charge on any atom is -0.298 e. The first kappa shape index (κ1) is 13.8. The maximum Gasteiger partial charge on any atom is 0.155 e. The molecule has 1 atom stereocenters. The predicted molar refractivity (Wildman–Crippen MR) is 79.4 cm³/mol. The minimum atomic E-state index is -0.517. The van der Waals surface area contributed by atoms with Gasteiger partial charge < -0.3 is 0 Å². The van der Waals surface area contributed by atoms with E-state index in [9.17, 15) is 4.79 Å². The number of ketones is 1. The molecule has 98 valence electrons. The van der Waals surface area contributed by atoms with Gasteiger partial charge in [0.05, 0.1) is 0 Å². The van der Waals surface area contributed by atoms with Gasteiger partial charge in [-0.1, -0.05) is 60.7 Å². The summed E-state index contributed by atoms with van der Waals surface area (Å²) in [7, 11) is 0. The Kier molecular flexibility index (Phi) is 5.17. The lowest BCUT2D eigenvalue weighted by Gasteiger charge is -2.08. The Morgan fingerprint density at radius 1 is 0.947 bits per heavy atom. The van der Waals surface area contributed by atoms with Crippen LogP contribution in [0.5, 0.6) is 0 Å². The summed E-state index contributed by atoms with van der Waals surface area (Å²) in [5.74, 6) is 0.101. The maximum atomic E-state index is 12.0. The third-order valence-electron chi connectivity index (χ3n) is 3.11. The van der Waals surface area contributed by atoms with E-state index in [1.165, 1.54) is 5.56 Å². The van der Waals surface area contributed by atoms with E-state index in [1.807, 2.05) is 48.5 Å². The molecule has 0 aliphatic heterocycles. The molecule has 2 rings (SSSR count). The van der Waals surface area contributed by atoms with Crippen molar-refractivity contribution in [3.05, 3.63) is 71.8 Å². The highest BCUT2D eigenvalue weighted by Crippen LogP contribution is 2.23. The van der Waals surface area contributed by atoms with E-state index < -0.39 is 5.38 Å². The summed E-state index contributed by atoms with van der Waals surface area (Å²) in [5, 5.41) is -0.517. The molecular weight excluding hydrogens is 256 g/mol. The van der Waals surface area contributed by atoms with E-state index in [4.69, 9.17) is 11.6 Å². The van der Waals surface area contributed by atoms with Gasteiger partial charge in [0.2, 0.25) is 0 Å². The van der Waals surface area contributed by atoms with Crippen molar-refractivity contribution in [1.29, 1.82) is 0 Å². The fourth-order valence-electron chi connectivity index (χ4n) is 2.05. The predicted octanol–water partition coefficient (Wildman–Crippen LogP) is 4.56. The molecule has 1 unspecified atom stereocenters. The first-order valence-corrected chi connectivity index (χ1v) is 6.96. The quantitative estimate of drug-likeness (QED) is 0.705. The van der Waals surface area contributed by atoms with Crippen LogP contribution in [0.4, 0.5) is 0 Å². The molecule has 19 heavy (non-hydrogen) atoms. The highest BCUT2D eigenvalue weighted by Gasteiger charge is 2.16. The van der Waals surface area contributed by atoms with Crippen LogP contribution in [0.3, 0.4) is 0 Å². The summed E-state index contributed by atoms with van der Waals surface area (Å²) >= 11 is 6.19. The van der Waals surface area contributed by atoms with Crippen molar-refractivity contribution in [3.8, 4) is 0 Å². The van der Waals surface area contributed by atoms with Crippen molar-refractivity contribution >= 4 is 17.4 Å². The lowest BCUT2D eigenvalue weighted by Crippen LogP contribution is -2.07. The van der Waals surface area contributed by atoms with Crippen LogP contribution < -0.4 is 0 Å². The van der Waals surface area contributed by atoms with Gasteiger partial charge in [0.1, 0.15) is 5.38 Å². The smallest absolute Gasteiger partial charge is 0.155 e. The molecule has 2 aromatic carbocycles. The van der Waals surface area contributed by atoms with Crippen LogP contribution in [-0.2, 0) is 11.2 Å².